The molecule has 3 aromatic rings. The summed E-state index contributed by atoms with van der Waals surface area (Å²) in [6, 6.07) is 16.9. The van der Waals surface area contributed by atoms with Gasteiger partial charge in [-0.25, -0.2) is 4.68 Å². The summed E-state index contributed by atoms with van der Waals surface area (Å²) < 4.78 is 12.9. The van der Waals surface area contributed by atoms with Crippen molar-refractivity contribution in [3.05, 3.63) is 63.8 Å². The van der Waals surface area contributed by atoms with Gasteiger partial charge in [0, 0.05) is 4.47 Å². The Balaban J connectivity index is 1.85. The summed E-state index contributed by atoms with van der Waals surface area (Å²) in [5.41, 5.74) is 8.09. The number of rotatable bonds is 3. The topological polar surface area (TPSA) is 110 Å². The molecule has 2 aromatic carbocycles. The van der Waals surface area contributed by atoms with E-state index >= 15 is 0 Å². The highest BCUT2D eigenvalue weighted by Gasteiger charge is 2.21. The number of nitrogens with two attached hydrogens (primary N) is 1. The highest BCUT2D eigenvalue weighted by atomic mass is 79.9. The molecule has 28 heavy (non-hydrogen) atoms. The van der Waals surface area contributed by atoms with Crippen LogP contribution in [0, 0.1) is 22.7 Å². The lowest BCUT2D eigenvalue weighted by Crippen LogP contribution is -2.02. The molecule has 0 fully saturated rings. The second-order valence-electron chi connectivity index (χ2n) is 5.86. The van der Waals surface area contributed by atoms with E-state index < -0.39 is 0 Å². The van der Waals surface area contributed by atoms with Gasteiger partial charge in [-0.1, -0.05) is 34.1 Å². The third-order valence-electron chi connectivity index (χ3n) is 4.20. The molecule has 1 aliphatic rings. The summed E-state index contributed by atoms with van der Waals surface area (Å²) in [5, 5.41) is 23.7. The van der Waals surface area contributed by atoms with E-state index in [4.69, 9.17) is 15.2 Å². The van der Waals surface area contributed by atoms with Crippen LogP contribution < -0.4 is 15.2 Å². The Hall–Kier alpha value is -3.75. The fraction of sp³-hybridized carbons (Fsp3) is 0.0500. The van der Waals surface area contributed by atoms with Gasteiger partial charge < -0.3 is 15.2 Å². The van der Waals surface area contributed by atoms with Crippen molar-refractivity contribution in [3.63, 3.8) is 0 Å². The molecule has 0 aliphatic carbocycles. The van der Waals surface area contributed by atoms with E-state index in [2.05, 4.69) is 33.2 Å². The SMILES string of the molecule is N#CC(=Cc1cc2c(cc1Br)OCO2)c1nn(-c2ccccc2)c(N)c1C#N. The molecule has 7 nitrogen and oxygen atoms in total. The summed E-state index contributed by atoms with van der Waals surface area (Å²) in [7, 11) is 0. The Morgan fingerprint density at radius 3 is 2.57 bits per heavy atom. The molecule has 2 N–H and O–H groups in total. The molecule has 0 amide bonds. The molecule has 0 atom stereocenters. The van der Waals surface area contributed by atoms with Gasteiger partial charge in [-0.05, 0) is 35.9 Å². The number of hydrogen-bond donors (Lipinski definition) is 1. The third kappa shape index (κ3) is 2.96. The molecule has 0 radical (unpaired) electrons. The Morgan fingerprint density at radius 1 is 1.18 bits per heavy atom. The molecular weight excluding hydrogens is 422 g/mol. The fourth-order valence-electron chi connectivity index (χ4n) is 2.85. The van der Waals surface area contributed by atoms with Crippen molar-refractivity contribution in [2.45, 2.75) is 0 Å². The first-order valence-electron chi connectivity index (χ1n) is 8.17. The quantitative estimate of drug-likeness (QED) is 0.627. The smallest absolute Gasteiger partial charge is 0.231 e. The fourth-order valence-corrected chi connectivity index (χ4v) is 3.29. The van der Waals surface area contributed by atoms with Gasteiger partial charge in [-0.15, -0.1) is 0 Å². The Kier molecular flexibility index (Phi) is 4.48. The molecule has 8 heteroatoms. The first kappa shape index (κ1) is 17.7. The number of fused-ring (bicyclic) bond motifs is 1. The van der Waals surface area contributed by atoms with E-state index in [1.54, 1.807) is 18.2 Å². The third-order valence-corrected chi connectivity index (χ3v) is 4.89. The molecule has 0 spiro atoms. The van der Waals surface area contributed by atoms with Gasteiger partial charge in [0.1, 0.15) is 29.2 Å². The molecule has 0 saturated heterocycles. The van der Waals surface area contributed by atoms with Crippen LogP contribution in [0.1, 0.15) is 16.8 Å². The zero-order valence-electron chi connectivity index (χ0n) is 14.4. The average molecular weight is 434 g/mol. The minimum absolute atomic E-state index is 0.147. The maximum Gasteiger partial charge on any atom is 0.231 e. The van der Waals surface area contributed by atoms with Crippen LogP contribution in [0.5, 0.6) is 11.5 Å². The van der Waals surface area contributed by atoms with E-state index in [0.29, 0.717) is 22.7 Å². The van der Waals surface area contributed by atoms with Crippen molar-refractivity contribution >= 4 is 33.4 Å². The molecule has 0 bridgehead atoms. The number of anilines is 1. The minimum atomic E-state index is 0.147. The molecule has 1 aromatic heterocycles. The van der Waals surface area contributed by atoms with Crippen LogP contribution in [0.15, 0.2) is 46.9 Å². The van der Waals surface area contributed by atoms with Crippen LogP contribution >= 0.6 is 15.9 Å². The lowest BCUT2D eigenvalue weighted by atomic mass is 10.1. The van der Waals surface area contributed by atoms with Gasteiger partial charge in [0.2, 0.25) is 6.79 Å². The number of aromatic nitrogens is 2. The van der Waals surface area contributed by atoms with E-state index in [0.717, 1.165) is 4.47 Å². The molecule has 2 heterocycles. The summed E-state index contributed by atoms with van der Waals surface area (Å²) in [5.74, 6) is 1.38. The number of ether oxygens (including phenoxy) is 2. The number of halogens is 1. The Morgan fingerprint density at radius 2 is 1.89 bits per heavy atom. The van der Waals surface area contributed by atoms with E-state index in [9.17, 15) is 10.5 Å². The largest absolute Gasteiger partial charge is 0.454 e. The summed E-state index contributed by atoms with van der Waals surface area (Å²) in [4.78, 5) is 0. The first-order valence-corrected chi connectivity index (χ1v) is 8.97. The van der Waals surface area contributed by atoms with Crippen molar-refractivity contribution in [1.82, 2.24) is 9.78 Å². The molecule has 0 unspecified atom stereocenters. The van der Waals surface area contributed by atoms with Crippen molar-refractivity contribution < 1.29 is 9.47 Å². The Bertz CT molecular complexity index is 1190. The van der Waals surface area contributed by atoms with Crippen molar-refractivity contribution in [2.75, 3.05) is 12.5 Å². The number of nitrogens with zero attached hydrogens (tertiary/aromatic N) is 4. The van der Waals surface area contributed by atoms with Gasteiger partial charge in [-0.3, -0.25) is 0 Å². The number of benzene rings is 2. The van der Waals surface area contributed by atoms with E-state index in [-0.39, 0.29) is 29.4 Å². The number of para-hydroxylation sites is 1. The van der Waals surface area contributed by atoms with Crippen LogP contribution in [-0.2, 0) is 0 Å². The maximum atomic E-state index is 9.73. The zero-order chi connectivity index (χ0) is 19.7. The van der Waals surface area contributed by atoms with Crippen LogP contribution in [0.25, 0.3) is 17.3 Å². The standard InChI is InChI=1S/C20H12BrN5O2/c21-16-8-18-17(27-11-28-18)7-12(16)6-13(9-22)19-15(10-23)20(24)26(25-19)14-4-2-1-3-5-14/h1-8H,11,24H2. The summed E-state index contributed by atoms with van der Waals surface area (Å²) >= 11 is 3.47. The second-order valence-corrected chi connectivity index (χ2v) is 6.72. The zero-order valence-corrected chi connectivity index (χ0v) is 16.0. The lowest BCUT2D eigenvalue weighted by Gasteiger charge is -2.03. The van der Waals surface area contributed by atoms with Crippen LogP contribution in [0.2, 0.25) is 0 Å². The maximum absolute atomic E-state index is 9.73. The number of hydrogen-bond acceptors (Lipinski definition) is 6. The highest BCUT2D eigenvalue weighted by molar-refractivity contribution is 9.10. The lowest BCUT2D eigenvalue weighted by molar-refractivity contribution is 0.174. The molecular formula is C20H12BrN5O2. The molecule has 0 saturated carbocycles. The van der Waals surface area contributed by atoms with Gasteiger partial charge in [0.05, 0.1) is 11.3 Å². The molecule has 4 rings (SSSR count). The van der Waals surface area contributed by atoms with Crippen molar-refractivity contribution in [2.24, 2.45) is 0 Å². The second kappa shape index (κ2) is 7.10. The van der Waals surface area contributed by atoms with Crippen molar-refractivity contribution in [1.29, 1.82) is 10.5 Å². The summed E-state index contributed by atoms with van der Waals surface area (Å²) in [6.45, 7) is 0.149. The van der Waals surface area contributed by atoms with E-state index in [1.165, 1.54) is 4.68 Å². The number of allylic oxidation sites excluding steroid dienone is 1. The molecule has 136 valence electrons. The van der Waals surface area contributed by atoms with Gasteiger partial charge >= 0.3 is 0 Å². The normalized spacial score (nSPS) is 12.5. The minimum Gasteiger partial charge on any atom is -0.454 e. The van der Waals surface area contributed by atoms with Crippen LogP contribution in [0.3, 0.4) is 0 Å². The number of nitriles is 2. The average Bonchev–Trinajstić information content (AvgIpc) is 3.30. The van der Waals surface area contributed by atoms with Crippen LogP contribution in [0.4, 0.5) is 5.82 Å². The Labute approximate surface area is 169 Å². The van der Waals surface area contributed by atoms with Crippen LogP contribution in [-0.4, -0.2) is 16.6 Å². The summed E-state index contributed by atoms with van der Waals surface area (Å²) in [6.07, 6.45) is 1.63. The van der Waals surface area contributed by atoms with Gasteiger partial charge in [-0.2, -0.15) is 15.6 Å². The molecule has 1 aliphatic heterocycles. The predicted octanol–water partition coefficient (Wildman–Crippen LogP) is 3.88. The van der Waals surface area contributed by atoms with Gasteiger partial charge in [0.25, 0.3) is 0 Å². The monoisotopic (exact) mass is 433 g/mol. The van der Waals surface area contributed by atoms with Gasteiger partial charge in [0.15, 0.2) is 11.5 Å². The van der Waals surface area contributed by atoms with Crippen molar-refractivity contribution in [3.8, 4) is 29.3 Å². The number of nitrogen functional groups attached to an aromatic ring is 1. The highest BCUT2D eigenvalue weighted by Crippen LogP contribution is 2.38. The van der Waals surface area contributed by atoms with E-state index in [1.807, 2.05) is 30.3 Å². The predicted molar refractivity (Wildman–Crippen MR) is 106 cm³/mol. The first-order chi connectivity index (χ1) is 13.6.